The van der Waals surface area contributed by atoms with Gasteiger partial charge in [0.25, 0.3) is 5.91 Å². The number of nitrogens with zero attached hydrogens (tertiary/aromatic N) is 2. The molecule has 0 N–H and O–H groups in total. The van der Waals surface area contributed by atoms with Crippen LogP contribution in [-0.4, -0.2) is 67.2 Å². The smallest absolute Gasteiger partial charge is 0.263 e. The van der Waals surface area contributed by atoms with Crippen LogP contribution in [0.3, 0.4) is 0 Å². The van der Waals surface area contributed by atoms with Crippen LogP contribution in [0.25, 0.3) is 0 Å². The molecule has 142 valence electrons. The molecule has 1 atom stereocenters. The lowest BCUT2D eigenvalue weighted by Crippen LogP contribution is -2.50. The molecule has 1 unspecified atom stereocenters. The summed E-state index contributed by atoms with van der Waals surface area (Å²) < 4.78 is 11.6. The Kier molecular flexibility index (Phi) is 5.18. The van der Waals surface area contributed by atoms with Gasteiger partial charge in [0.05, 0.1) is 6.61 Å². The van der Waals surface area contributed by atoms with Gasteiger partial charge in [0, 0.05) is 45.2 Å². The van der Waals surface area contributed by atoms with Crippen LogP contribution in [0.1, 0.15) is 36.0 Å². The second-order valence-electron chi connectivity index (χ2n) is 7.91. The molecular formula is C21H30N2O3. The number of ether oxygens (including phenoxy) is 2. The Morgan fingerprint density at radius 3 is 2.62 bits per heavy atom. The van der Waals surface area contributed by atoms with Crippen molar-refractivity contribution in [3.63, 3.8) is 0 Å². The highest BCUT2D eigenvalue weighted by atomic mass is 16.5. The van der Waals surface area contributed by atoms with Gasteiger partial charge in [-0.25, -0.2) is 0 Å². The molecule has 1 aromatic rings. The minimum atomic E-state index is -0.339. The molecule has 3 aliphatic rings. The van der Waals surface area contributed by atoms with Crippen molar-refractivity contribution >= 4 is 5.91 Å². The van der Waals surface area contributed by atoms with Crippen LogP contribution in [0.2, 0.25) is 0 Å². The van der Waals surface area contributed by atoms with E-state index in [9.17, 15) is 4.79 Å². The summed E-state index contributed by atoms with van der Waals surface area (Å²) in [5.41, 5.74) is 3.66. The zero-order valence-electron chi connectivity index (χ0n) is 16.0. The molecule has 4 rings (SSSR count). The Balaban J connectivity index is 1.33. The van der Waals surface area contributed by atoms with Crippen molar-refractivity contribution in [2.45, 2.75) is 51.7 Å². The quantitative estimate of drug-likeness (QED) is 0.814. The maximum atomic E-state index is 12.9. The standard InChI is InChI=1S/C21H30N2O3/c1-15-12-17-14-20(26-19(17)13-16(15)2)21(24)23-7-4-18(5-8-23)22-6-3-10-25-11-9-22/h12-13,18,20H,3-11,14H2,1-2H3. The molecule has 5 nitrogen and oxygen atoms in total. The fourth-order valence-corrected chi connectivity index (χ4v) is 4.44. The highest BCUT2D eigenvalue weighted by Crippen LogP contribution is 2.32. The topological polar surface area (TPSA) is 42.0 Å². The third-order valence-electron chi connectivity index (χ3n) is 6.18. The van der Waals surface area contributed by atoms with Gasteiger partial charge >= 0.3 is 0 Å². The normalized spacial score (nSPS) is 24.8. The minimum absolute atomic E-state index is 0.161. The highest BCUT2D eigenvalue weighted by molar-refractivity contribution is 5.82. The van der Waals surface area contributed by atoms with E-state index in [0.29, 0.717) is 12.5 Å². The molecular weight excluding hydrogens is 328 g/mol. The van der Waals surface area contributed by atoms with E-state index in [1.165, 1.54) is 16.7 Å². The van der Waals surface area contributed by atoms with Gasteiger partial charge in [-0.2, -0.15) is 0 Å². The van der Waals surface area contributed by atoms with Crippen LogP contribution < -0.4 is 4.74 Å². The molecule has 0 spiro atoms. The molecule has 0 saturated carbocycles. The Morgan fingerprint density at radius 1 is 1.04 bits per heavy atom. The van der Waals surface area contributed by atoms with Crippen LogP contribution >= 0.6 is 0 Å². The van der Waals surface area contributed by atoms with Crippen molar-refractivity contribution < 1.29 is 14.3 Å². The van der Waals surface area contributed by atoms with Gasteiger partial charge in [-0.05, 0) is 55.9 Å². The molecule has 26 heavy (non-hydrogen) atoms. The number of benzene rings is 1. The fourth-order valence-electron chi connectivity index (χ4n) is 4.44. The molecule has 0 radical (unpaired) electrons. The molecule has 0 aliphatic carbocycles. The fraction of sp³-hybridized carbons (Fsp3) is 0.667. The molecule has 1 aromatic carbocycles. The van der Waals surface area contributed by atoms with Crippen molar-refractivity contribution in [1.82, 2.24) is 9.80 Å². The third kappa shape index (κ3) is 3.60. The lowest BCUT2D eigenvalue weighted by molar-refractivity contribution is -0.139. The van der Waals surface area contributed by atoms with Gasteiger partial charge < -0.3 is 14.4 Å². The number of fused-ring (bicyclic) bond motifs is 1. The number of amides is 1. The predicted octanol–water partition coefficient (Wildman–Crippen LogP) is 2.32. The summed E-state index contributed by atoms with van der Waals surface area (Å²) in [6, 6.07) is 4.84. The first-order valence-electron chi connectivity index (χ1n) is 9.99. The predicted molar refractivity (Wildman–Crippen MR) is 101 cm³/mol. The third-order valence-corrected chi connectivity index (χ3v) is 6.18. The van der Waals surface area contributed by atoms with E-state index >= 15 is 0 Å². The zero-order chi connectivity index (χ0) is 18.1. The average molecular weight is 358 g/mol. The number of likely N-dealkylation sites (tertiary alicyclic amines) is 1. The number of hydrogen-bond acceptors (Lipinski definition) is 4. The largest absolute Gasteiger partial charge is 0.480 e. The van der Waals surface area contributed by atoms with Gasteiger partial charge in [-0.3, -0.25) is 9.69 Å². The van der Waals surface area contributed by atoms with Crippen LogP contribution in [0.5, 0.6) is 5.75 Å². The number of aryl methyl sites for hydroxylation is 2. The Hall–Kier alpha value is -1.59. The number of rotatable bonds is 2. The lowest BCUT2D eigenvalue weighted by Gasteiger charge is -2.38. The van der Waals surface area contributed by atoms with E-state index in [1.807, 2.05) is 4.90 Å². The second kappa shape index (κ2) is 7.57. The van der Waals surface area contributed by atoms with E-state index in [4.69, 9.17) is 9.47 Å². The van der Waals surface area contributed by atoms with Crippen LogP contribution in [-0.2, 0) is 16.0 Å². The van der Waals surface area contributed by atoms with Crippen molar-refractivity contribution in [2.24, 2.45) is 0 Å². The second-order valence-corrected chi connectivity index (χ2v) is 7.91. The summed E-state index contributed by atoms with van der Waals surface area (Å²) in [7, 11) is 0. The SMILES string of the molecule is Cc1cc2c(cc1C)OC(C(=O)N1CCC(N3CCCOCC3)CC1)C2. The van der Waals surface area contributed by atoms with E-state index < -0.39 is 0 Å². The maximum absolute atomic E-state index is 12.9. The number of carbonyl (C=O) groups is 1. The van der Waals surface area contributed by atoms with Crippen LogP contribution in [0.4, 0.5) is 0 Å². The summed E-state index contributed by atoms with van der Waals surface area (Å²) in [6.07, 6.45) is 3.60. The Morgan fingerprint density at radius 2 is 1.81 bits per heavy atom. The zero-order valence-corrected chi connectivity index (χ0v) is 16.0. The molecule has 1 amide bonds. The number of piperidine rings is 1. The summed E-state index contributed by atoms with van der Waals surface area (Å²) in [6.45, 7) is 9.76. The maximum Gasteiger partial charge on any atom is 0.263 e. The van der Waals surface area contributed by atoms with Gasteiger partial charge in [0.15, 0.2) is 6.10 Å². The van der Waals surface area contributed by atoms with Crippen LogP contribution in [0, 0.1) is 13.8 Å². The van der Waals surface area contributed by atoms with Crippen molar-refractivity contribution in [3.05, 3.63) is 28.8 Å². The monoisotopic (exact) mass is 358 g/mol. The van der Waals surface area contributed by atoms with Gasteiger partial charge in [-0.15, -0.1) is 0 Å². The molecule has 2 saturated heterocycles. The van der Waals surface area contributed by atoms with Crippen LogP contribution in [0.15, 0.2) is 12.1 Å². The first-order chi connectivity index (χ1) is 12.6. The lowest BCUT2D eigenvalue weighted by atomic mass is 10.0. The summed E-state index contributed by atoms with van der Waals surface area (Å²) in [5.74, 6) is 1.06. The average Bonchev–Trinajstić information content (AvgIpc) is 2.87. The summed E-state index contributed by atoms with van der Waals surface area (Å²) in [5, 5.41) is 0. The van der Waals surface area contributed by atoms with E-state index in [0.717, 1.165) is 64.4 Å². The molecule has 0 aromatic heterocycles. The Bertz CT molecular complexity index is 628. The minimum Gasteiger partial charge on any atom is -0.480 e. The van der Waals surface area contributed by atoms with Crippen molar-refractivity contribution in [3.8, 4) is 5.75 Å². The van der Waals surface area contributed by atoms with Gasteiger partial charge in [0.2, 0.25) is 0 Å². The number of carbonyl (C=O) groups excluding carboxylic acids is 1. The first kappa shape index (κ1) is 17.8. The van der Waals surface area contributed by atoms with Gasteiger partial charge in [0.1, 0.15) is 5.75 Å². The molecule has 5 heteroatoms. The first-order valence-corrected chi connectivity index (χ1v) is 9.99. The summed E-state index contributed by atoms with van der Waals surface area (Å²) >= 11 is 0. The molecule has 3 aliphatic heterocycles. The van der Waals surface area contributed by atoms with Crippen molar-refractivity contribution in [2.75, 3.05) is 39.4 Å². The highest BCUT2D eigenvalue weighted by Gasteiger charge is 2.35. The van der Waals surface area contributed by atoms with E-state index in [-0.39, 0.29) is 12.0 Å². The Labute approximate surface area is 156 Å². The van der Waals surface area contributed by atoms with E-state index in [2.05, 4.69) is 30.9 Å². The van der Waals surface area contributed by atoms with E-state index in [1.54, 1.807) is 0 Å². The molecule has 3 heterocycles. The molecule has 0 bridgehead atoms. The molecule has 2 fully saturated rings. The van der Waals surface area contributed by atoms with Gasteiger partial charge in [-0.1, -0.05) is 6.07 Å². The van der Waals surface area contributed by atoms with Crippen molar-refractivity contribution in [1.29, 1.82) is 0 Å². The summed E-state index contributed by atoms with van der Waals surface area (Å²) in [4.78, 5) is 17.5. The number of hydrogen-bond donors (Lipinski definition) is 0.